The lowest BCUT2D eigenvalue weighted by atomic mass is 10.8. The average Bonchev–Trinajstić information content (AvgIpc) is 1.58. The number of carbonyl (C=O) groups excluding carboxylic acids is 1. The predicted octanol–water partition coefficient (Wildman–Crippen LogP) is -0.236. The van der Waals surface area contributed by atoms with Gasteiger partial charge in [-0.25, -0.2) is 4.57 Å². The van der Waals surface area contributed by atoms with Crippen molar-refractivity contribution in [3.63, 3.8) is 0 Å². The van der Waals surface area contributed by atoms with Crippen LogP contribution in [-0.2, 0) is 14.1 Å². The van der Waals surface area contributed by atoms with E-state index in [0.717, 1.165) is 6.26 Å². The maximum atomic E-state index is 9.75. The molecule has 0 aromatic rings. The zero-order valence-corrected chi connectivity index (χ0v) is 6.69. The number of phosphoric acid groups is 1. The SMILES string of the molecule is C=COC(C)=O.O=P(O)(O)O. The van der Waals surface area contributed by atoms with Gasteiger partial charge in [-0.05, 0) is 0 Å². The molecule has 0 atom stereocenters. The van der Waals surface area contributed by atoms with E-state index >= 15 is 0 Å². The second-order valence-electron chi connectivity index (χ2n) is 1.29. The molecular weight excluding hydrogens is 175 g/mol. The van der Waals surface area contributed by atoms with Crippen LogP contribution in [0.1, 0.15) is 6.92 Å². The minimum absolute atomic E-state index is 0.329. The number of esters is 1. The van der Waals surface area contributed by atoms with E-state index < -0.39 is 7.82 Å². The highest BCUT2D eigenvalue weighted by Crippen LogP contribution is 2.25. The number of ether oxygens (including phenoxy) is 1. The molecule has 0 saturated heterocycles. The summed E-state index contributed by atoms with van der Waals surface area (Å²) in [4.78, 5) is 31.3. The van der Waals surface area contributed by atoms with Crippen molar-refractivity contribution in [2.75, 3.05) is 0 Å². The summed E-state index contributed by atoms with van der Waals surface area (Å²) in [6.07, 6.45) is 1.10. The molecule has 0 rings (SSSR count). The molecule has 0 fully saturated rings. The van der Waals surface area contributed by atoms with Crippen LogP contribution < -0.4 is 0 Å². The fraction of sp³-hybridized carbons (Fsp3) is 0.250. The third-order valence-electron chi connectivity index (χ3n) is 0.249. The maximum absolute atomic E-state index is 9.75. The first-order chi connectivity index (χ1) is 4.77. The van der Waals surface area contributed by atoms with Crippen LogP contribution in [0, 0.1) is 0 Å². The van der Waals surface area contributed by atoms with Crippen LogP contribution in [-0.4, -0.2) is 20.6 Å². The molecule has 0 spiro atoms. The molecule has 0 aromatic heterocycles. The van der Waals surface area contributed by atoms with Crippen molar-refractivity contribution in [1.82, 2.24) is 0 Å². The van der Waals surface area contributed by atoms with Gasteiger partial charge in [-0.2, -0.15) is 0 Å². The Bertz CT molecular complexity index is 161. The number of carbonyl (C=O) groups is 1. The minimum Gasteiger partial charge on any atom is -0.435 e. The fourth-order valence-corrected chi connectivity index (χ4v) is 0.117. The van der Waals surface area contributed by atoms with Gasteiger partial charge in [-0.15, -0.1) is 0 Å². The summed E-state index contributed by atoms with van der Waals surface area (Å²) in [5, 5.41) is 0. The van der Waals surface area contributed by atoms with Gasteiger partial charge in [0.2, 0.25) is 0 Å². The molecular formula is C4H9O6P. The van der Waals surface area contributed by atoms with Crippen molar-refractivity contribution >= 4 is 13.8 Å². The molecule has 0 unspecified atom stereocenters. The molecule has 0 aliphatic rings. The molecule has 0 aliphatic carbocycles. The van der Waals surface area contributed by atoms with Crippen molar-refractivity contribution in [1.29, 1.82) is 0 Å². The summed E-state index contributed by atoms with van der Waals surface area (Å²) < 4.78 is 13.0. The van der Waals surface area contributed by atoms with E-state index in [1.54, 1.807) is 0 Å². The van der Waals surface area contributed by atoms with E-state index in [-0.39, 0.29) is 5.97 Å². The highest BCUT2D eigenvalue weighted by molar-refractivity contribution is 7.45. The molecule has 0 amide bonds. The zero-order valence-electron chi connectivity index (χ0n) is 5.80. The number of hydrogen-bond donors (Lipinski definition) is 3. The Morgan fingerprint density at radius 1 is 1.55 bits per heavy atom. The predicted molar refractivity (Wildman–Crippen MR) is 36.2 cm³/mol. The van der Waals surface area contributed by atoms with Crippen molar-refractivity contribution in [3.05, 3.63) is 12.8 Å². The Balaban J connectivity index is 0. The van der Waals surface area contributed by atoms with Gasteiger partial charge < -0.3 is 19.4 Å². The van der Waals surface area contributed by atoms with Gasteiger partial charge >= 0.3 is 13.8 Å². The summed E-state index contributed by atoms with van der Waals surface area (Å²) in [6, 6.07) is 0. The van der Waals surface area contributed by atoms with E-state index in [9.17, 15) is 4.79 Å². The topological polar surface area (TPSA) is 104 Å². The van der Waals surface area contributed by atoms with Crippen molar-refractivity contribution in [2.45, 2.75) is 6.92 Å². The minimum atomic E-state index is -4.64. The summed E-state index contributed by atoms with van der Waals surface area (Å²) in [6.45, 7) is 4.48. The van der Waals surface area contributed by atoms with E-state index in [1.165, 1.54) is 6.92 Å². The van der Waals surface area contributed by atoms with Gasteiger partial charge in [0, 0.05) is 6.92 Å². The summed E-state index contributed by atoms with van der Waals surface area (Å²) in [5.74, 6) is -0.329. The van der Waals surface area contributed by atoms with Gasteiger partial charge in [0.1, 0.15) is 0 Å². The van der Waals surface area contributed by atoms with Crippen LogP contribution in [0.25, 0.3) is 0 Å². The lowest BCUT2D eigenvalue weighted by Crippen LogP contribution is -1.87. The molecule has 0 heterocycles. The smallest absolute Gasteiger partial charge is 0.435 e. The average molecular weight is 184 g/mol. The normalized spacial score (nSPS) is 9.09. The Labute approximate surface area is 63.4 Å². The third kappa shape index (κ3) is 92.8. The van der Waals surface area contributed by atoms with E-state index in [1.807, 2.05) is 0 Å². The molecule has 0 aliphatic heterocycles. The first kappa shape index (κ1) is 12.9. The van der Waals surface area contributed by atoms with Crippen LogP contribution in [0.15, 0.2) is 12.8 Å². The van der Waals surface area contributed by atoms with Gasteiger partial charge in [0.15, 0.2) is 0 Å². The Kier molecular flexibility index (Phi) is 7.13. The maximum Gasteiger partial charge on any atom is 0.466 e. The number of rotatable bonds is 1. The Morgan fingerprint density at radius 3 is 1.82 bits per heavy atom. The van der Waals surface area contributed by atoms with E-state index in [2.05, 4.69) is 11.3 Å². The largest absolute Gasteiger partial charge is 0.466 e. The molecule has 0 aromatic carbocycles. The van der Waals surface area contributed by atoms with E-state index in [4.69, 9.17) is 19.2 Å². The second-order valence-corrected chi connectivity index (χ2v) is 2.32. The van der Waals surface area contributed by atoms with Crippen molar-refractivity contribution < 1.29 is 28.8 Å². The monoisotopic (exact) mass is 184 g/mol. The quantitative estimate of drug-likeness (QED) is 0.295. The molecule has 66 valence electrons. The van der Waals surface area contributed by atoms with Gasteiger partial charge in [0.25, 0.3) is 0 Å². The second kappa shape index (κ2) is 6.06. The summed E-state index contributed by atoms with van der Waals surface area (Å²) >= 11 is 0. The van der Waals surface area contributed by atoms with Crippen LogP contribution in [0.3, 0.4) is 0 Å². The Hall–Kier alpha value is -0.680. The van der Waals surface area contributed by atoms with Crippen LogP contribution >= 0.6 is 7.82 Å². The zero-order chi connectivity index (χ0) is 9.49. The molecule has 0 bridgehead atoms. The van der Waals surface area contributed by atoms with Crippen LogP contribution in [0.5, 0.6) is 0 Å². The fourth-order valence-electron chi connectivity index (χ4n) is 0.117. The van der Waals surface area contributed by atoms with Gasteiger partial charge in [0.05, 0.1) is 6.26 Å². The highest BCUT2D eigenvalue weighted by Gasteiger charge is 2.00. The standard InChI is InChI=1S/C4H6O2.H3O4P/c1-3-6-4(2)5;1-5(2,3)4/h3H,1H2,2H3;(H3,1,2,3,4). The molecule has 11 heavy (non-hydrogen) atoms. The number of hydrogen-bond acceptors (Lipinski definition) is 3. The van der Waals surface area contributed by atoms with Gasteiger partial charge in [-0.1, -0.05) is 6.58 Å². The van der Waals surface area contributed by atoms with E-state index in [0.29, 0.717) is 0 Å². The summed E-state index contributed by atoms with van der Waals surface area (Å²) in [5.41, 5.74) is 0. The lowest BCUT2D eigenvalue weighted by molar-refractivity contribution is -0.135. The lowest BCUT2D eigenvalue weighted by Gasteiger charge is -1.83. The van der Waals surface area contributed by atoms with Crippen molar-refractivity contribution in [3.8, 4) is 0 Å². The molecule has 6 nitrogen and oxygen atoms in total. The van der Waals surface area contributed by atoms with Gasteiger partial charge in [-0.3, -0.25) is 4.79 Å². The van der Waals surface area contributed by atoms with Crippen LogP contribution in [0.2, 0.25) is 0 Å². The molecule has 7 heteroatoms. The third-order valence-corrected chi connectivity index (χ3v) is 0.249. The molecule has 0 saturated carbocycles. The summed E-state index contributed by atoms with van der Waals surface area (Å²) in [7, 11) is -4.64. The van der Waals surface area contributed by atoms with Crippen LogP contribution in [0.4, 0.5) is 0 Å². The molecule has 3 N–H and O–H groups in total. The first-order valence-corrected chi connectivity index (χ1v) is 3.90. The Morgan fingerprint density at radius 2 is 1.82 bits per heavy atom. The highest BCUT2D eigenvalue weighted by atomic mass is 31.2. The first-order valence-electron chi connectivity index (χ1n) is 2.33. The van der Waals surface area contributed by atoms with Crippen molar-refractivity contribution in [2.24, 2.45) is 0 Å². The molecule has 0 radical (unpaired) electrons.